The molecule has 1 heterocycles. The van der Waals surface area contributed by atoms with Crippen LogP contribution in [0.25, 0.3) is 0 Å². The minimum atomic E-state index is -0.893. The fourth-order valence-corrected chi connectivity index (χ4v) is 4.96. The third-order valence-electron chi connectivity index (χ3n) is 5.27. The number of halogens is 2. The molecule has 0 radical (unpaired) electrons. The summed E-state index contributed by atoms with van der Waals surface area (Å²) in [6.45, 7) is 4.53. The molecular formula is C26H21Br2N3O5. The lowest BCUT2D eigenvalue weighted by Crippen LogP contribution is -2.25. The maximum atomic E-state index is 12.8. The molecular weight excluding hydrogens is 594 g/mol. The molecule has 3 aromatic rings. The SMILES string of the molecule is CC(=O)Oc1c(Br)cc(Br)cc1C1=NN(C(C)=O)[C@@H](c2cccc(NC(=O)c3ccccc3C)c2)O1. The van der Waals surface area contributed by atoms with E-state index >= 15 is 0 Å². The molecule has 4 rings (SSSR count). The number of aryl methyl sites for hydroxylation is 1. The largest absolute Gasteiger partial charge is 0.446 e. The number of benzene rings is 3. The first kappa shape index (κ1) is 25.6. The Kier molecular flexibility index (Phi) is 7.56. The lowest BCUT2D eigenvalue weighted by molar-refractivity contribution is -0.135. The Morgan fingerprint density at radius 3 is 2.47 bits per heavy atom. The van der Waals surface area contributed by atoms with E-state index in [9.17, 15) is 14.4 Å². The summed E-state index contributed by atoms with van der Waals surface area (Å²) >= 11 is 6.82. The predicted molar refractivity (Wildman–Crippen MR) is 142 cm³/mol. The van der Waals surface area contributed by atoms with Gasteiger partial charge in [0.15, 0.2) is 5.75 Å². The first-order chi connectivity index (χ1) is 17.1. The Labute approximate surface area is 224 Å². The minimum Gasteiger partial charge on any atom is -0.446 e. The Morgan fingerprint density at radius 1 is 1.03 bits per heavy atom. The molecule has 1 aliphatic rings. The summed E-state index contributed by atoms with van der Waals surface area (Å²) in [4.78, 5) is 36.9. The quantitative estimate of drug-likeness (QED) is 0.283. The van der Waals surface area contributed by atoms with Crippen LogP contribution in [0, 0.1) is 6.92 Å². The summed E-state index contributed by atoms with van der Waals surface area (Å²) in [6, 6.07) is 17.7. The summed E-state index contributed by atoms with van der Waals surface area (Å²) in [5.74, 6) is -0.805. The van der Waals surface area contributed by atoms with Gasteiger partial charge < -0.3 is 14.8 Å². The van der Waals surface area contributed by atoms with Gasteiger partial charge in [0.05, 0.1) is 10.0 Å². The Balaban J connectivity index is 1.65. The zero-order valence-electron chi connectivity index (χ0n) is 19.5. The fraction of sp³-hybridized carbons (Fsp3) is 0.154. The molecule has 8 nitrogen and oxygen atoms in total. The van der Waals surface area contributed by atoms with Crippen LogP contribution in [0.5, 0.6) is 5.75 Å². The average molecular weight is 615 g/mol. The van der Waals surface area contributed by atoms with E-state index in [0.29, 0.717) is 31.3 Å². The lowest BCUT2D eigenvalue weighted by Gasteiger charge is -2.20. The van der Waals surface area contributed by atoms with Crippen molar-refractivity contribution in [1.82, 2.24) is 5.01 Å². The van der Waals surface area contributed by atoms with Crippen molar-refractivity contribution >= 4 is 61.2 Å². The van der Waals surface area contributed by atoms with E-state index in [1.807, 2.05) is 19.1 Å². The second kappa shape index (κ2) is 10.6. The summed E-state index contributed by atoms with van der Waals surface area (Å²) in [6.07, 6.45) is -0.893. The van der Waals surface area contributed by atoms with Crippen molar-refractivity contribution < 1.29 is 23.9 Å². The first-order valence-corrected chi connectivity index (χ1v) is 12.4. The highest BCUT2D eigenvalue weighted by molar-refractivity contribution is 9.11. The van der Waals surface area contributed by atoms with Gasteiger partial charge in [0.25, 0.3) is 5.91 Å². The molecule has 0 spiro atoms. The van der Waals surface area contributed by atoms with Gasteiger partial charge >= 0.3 is 5.97 Å². The van der Waals surface area contributed by atoms with Gasteiger partial charge in [-0.2, -0.15) is 5.01 Å². The van der Waals surface area contributed by atoms with Crippen LogP contribution >= 0.6 is 31.9 Å². The molecule has 2 amide bonds. The van der Waals surface area contributed by atoms with Crippen LogP contribution < -0.4 is 10.1 Å². The molecule has 0 saturated heterocycles. The Bertz CT molecular complexity index is 1410. The number of esters is 1. The van der Waals surface area contributed by atoms with Crippen LogP contribution in [-0.2, 0) is 14.3 Å². The molecule has 0 aliphatic carbocycles. The van der Waals surface area contributed by atoms with E-state index in [2.05, 4.69) is 42.3 Å². The molecule has 36 heavy (non-hydrogen) atoms. The molecule has 1 atom stereocenters. The van der Waals surface area contributed by atoms with E-state index in [1.54, 1.807) is 48.5 Å². The fourth-order valence-electron chi connectivity index (χ4n) is 3.65. The predicted octanol–water partition coefficient (Wildman–Crippen LogP) is 5.94. The topological polar surface area (TPSA) is 97.3 Å². The molecule has 0 fully saturated rings. The zero-order chi connectivity index (χ0) is 26.0. The van der Waals surface area contributed by atoms with Crippen LogP contribution in [-0.4, -0.2) is 28.7 Å². The Morgan fingerprint density at radius 2 is 1.78 bits per heavy atom. The molecule has 0 unspecified atom stereocenters. The lowest BCUT2D eigenvalue weighted by atomic mass is 10.1. The molecule has 184 valence electrons. The monoisotopic (exact) mass is 613 g/mol. The minimum absolute atomic E-state index is 0.0998. The van der Waals surface area contributed by atoms with Crippen LogP contribution in [0.15, 0.2) is 74.7 Å². The van der Waals surface area contributed by atoms with E-state index < -0.39 is 12.2 Å². The highest BCUT2D eigenvalue weighted by Crippen LogP contribution is 2.38. The van der Waals surface area contributed by atoms with Crippen molar-refractivity contribution in [1.29, 1.82) is 0 Å². The van der Waals surface area contributed by atoms with Gasteiger partial charge in [0, 0.05) is 35.1 Å². The second-order valence-corrected chi connectivity index (χ2v) is 9.76. The third kappa shape index (κ3) is 5.50. The Hall–Kier alpha value is -3.50. The van der Waals surface area contributed by atoms with E-state index in [0.717, 1.165) is 5.56 Å². The van der Waals surface area contributed by atoms with Crippen LogP contribution in [0.1, 0.15) is 47.1 Å². The number of hydrazone groups is 1. The van der Waals surface area contributed by atoms with Gasteiger partial charge in [-0.05, 0) is 58.7 Å². The molecule has 3 aromatic carbocycles. The average Bonchev–Trinajstić information content (AvgIpc) is 3.27. The van der Waals surface area contributed by atoms with E-state index in [4.69, 9.17) is 9.47 Å². The number of rotatable bonds is 5. The zero-order valence-corrected chi connectivity index (χ0v) is 22.7. The van der Waals surface area contributed by atoms with Crippen LogP contribution in [0.3, 0.4) is 0 Å². The summed E-state index contributed by atoms with van der Waals surface area (Å²) < 4.78 is 12.7. The number of hydrogen-bond donors (Lipinski definition) is 1. The summed E-state index contributed by atoms with van der Waals surface area (Å²) in [5, 5.41) is 8.46. The number of amides is 2. The molecule has 1 aliphatic heterocycles. The maximum absolute atomic E-state index is 12.8. The highest BCUT2D eigenvalue weighted by Gasteiger charge is 2.35. The molecule has 0 saturated carbocycles. The normalized spacial score (nSPS) is 14.6. The van der Waals surface area contributed by atoms with Gasteiger partial charge in [0.1, 0.15) is 0 Å². The van der Waals surface area contributed by atoms with Crippen molar-refractivity contribution in [3.63, 3.8) is 0 Å². The van der Waals surface area contributed by atoms with Crippen LogP contribution in [0.2, 0.25) is 0 Å². The van der Waals surface area contributed by atoms with E-state index in [1.165, 1.54) is 18.9 Å². The number of ether oxygens (including phenoxy) is 2. The first-order valence-electron chi connectivity index (χ1n) is 10.8. The van der Waals surface area contributed by atoms with Gasteiger partial charge in [-0.15, -0.1) is 5.10 Å². The molecule has 0 bridgehead atoms. The number of carbonyl (C=O) groups excluding carboxylic acids is 3. The smallest absolute Gasteiger partial charge is 0.308 e. The van der Waals surface area contributed by atoms with Gasteiger partial charge in [-0.3, -0.25) is 14.4 Å². The standard InChI is InChI=1S/C26H21Br2N3O5/c1-14-7-4-5-10-20(14)24(34)29-19-9-6-8-17(11-19)26-31(15(2)32)30-25(36-26)21-12-18(27)13-22(28)23(21)35-16(3)33/h4-13,26H,1-3H3,(H,29,34)/t26-/m1/s1. The van der Waals surface area contributed by atoms with Crippen molar-refractivity contribution in [3.05, 3.63) is 91.9 Å². The van der Waals surface area contributed by atoms with Gasteiger partial charge in [-0.1, -0.05) is 46.3 Å². The maximum Gasteiger partial charge on any atom is 0.308 e. The van der Waals surface area contributed by atoms with Crippen molar-refractivity contribution in [2.45, 2.75) is 27.0 Å². The molecule has 1 N–H and O–H groups in total. The van der Waals surface area contributed by atoms with Gasteiger partial charge in [0.2, 0.25) is 18.0 Å². The summed E-state index contributed by atoms with van der Waals surface area (Å²) in [5.41, 5.74) is 2.93. The molecule has 0 aromatic heterocycles. The third-order valence-corrected chi connectivity index (χ3v) is 6.32. The molecule has 10 heteroatoms. The highest BCUT2D eigenvalue weighted by atomic mass is 79.9. The number of carbonyl (C=O) groups is 3. The number of hydrogen-bond acceptors (Lipinski definition) is 6. The van der Waals surface area contributed by atoms with E-state index in [-0.39, 0.29) is 23.5 Å². The number of nitrogens with one attached hydrogen (secondary N) is 1. The van der Waals surface area contributed by atoms with Gasteiger partial charge in [-0.25, -0.2) is 0 Å². The van der Waals surface area contributed by atoms with Crippen LogP contribution in [0.4, 0.5) is 5.69 Å². The second-order valence-electron chi connectivity index (χ2n) is 7.99. The van der Waals surface area contributed by atoms with Crippen molar-refractivity contribution in [2.24, 2.45) is 5.10 Å². The number of anilines is 1. The number of nitrogens with zero attached hydrogens (tertiary/aromatic N) is 2. The van der Waals surface area contributed by atoms with Crippen molar-refractivity contribution in [2.75, 3.05) is 5.32 Å². The van der Waals surface area contributed by atoms with Crippen molar-refractivity contribution in [3.8, 4) is 5.75 Å². The summed E-state index contributed by atoms with van der Waals surface area (Å²) in [7, 11) is 0.